The van der Waals surface area contributed by atoms with Gasteiger partial charge in [-0.15, -0.1) is 0 Å². The number of phenolic OH excluding ortho intramolecular Hbond substituents is 3. The standard InChI is InChI=1S/C12H14O3/c1-12(2,3)5-4-9-10(14)6-8(13)7-11(9)15/h6-7,13-15H,1-3H3. The summed E-state index contributed by atoms with van der Waals surface area (Å²) in [6, 6.07) is 2.29. The lowest BCUT2D eigenvalue weighted by molar-refractivity contribution is 0.426. The fraction of sp³-hybridized carbons (Fsp3) is 0.333. The maximum atomic E-state index is 9.45. The van der Waals surface area contributed by atoms with E-state index in [4.69, 9.17) is 5.11 Å². The Kier molecular flexibility index (Phi) is 2.81. The van der Waals surface area contributed by atoms with E-state index in [0.717, 1.165) is 12.1 Å². The minimum absolute atomic E-state index is 0.141. The minimum Gasteiger partial charge on any atom is -0.508 e. The summed E-state index contributed by atoms with van der Waals surface area (Å²) in [5.74, 6) is 4.95. The van der Waals surface area contributed by atoms with Gasteiger partial charge in [0.15, 0.2) is 0 Å². The van der Waals surface area contributed by atoms with Gasteiger partial charge in [-0.05, 0) is 20.8 Å². The molecule has 0 radical (unpaired) electrons. The first-order valence-electron chi connectivity index (χ1n) is 4.58. The maximum absolute atomic E-state index is 9.45. The van der Waals surface area contributed by atoms with E-state index in [-0.39, 0.29) is 28.2 Å². The second-order valence-electron chi connectivity index (χ2n) is 4.36. The van der Waals surface area contributed by atoms with Crippen LogP contribution in [0, 0.1) is 17.3 Å². The number of aromatic hydroxyl groups is 3. The van der Waals surface area contributed by atoms with Gasteiger partial charge in [0.2, 0.25) is 0 Å². The largest absolute Gasteiger partial charge is 0.508 e. The fourth-order valence-corrected chi connectivity index (χ4v) is 0.975. The highest BCUT2D eigenvalue weighted by molar-refractivity contribution is 5.57. The molecule has 0 aliphatic carbocycles. The molecule has 80 valence electrons. The van der Waals surface area contributed by atoms with Crippen molar-refractivity contribution in [3.63, 3.8) is 0 Å². The van der Waals surface area contributed by atoms with Crippen LogP contribution < -0.4 is 0 Å². The zero-order valence-electron chi connectivity index (χ0n) is 9.00. The third-order valence-corrected chi connectivity index (χ3v) is 1.64. The van der Waals surface area contributed by atoms with Gasteiger partial charge in [0, 0.05) is 17.5 Å². The van der Waals surface area contributed by atoms with Crippen LogP contribution in [0.2, 0.25) is 0 Å². The fourth-order valence-electron chi connectivity index (χ4n) is 0.975. The molecule has 0 atom stereocenters. The highest BCUT2D eigenvalue weighted by atomic mass is 16.3. The Balaban J connectivity index is 3.20. The molecule has 3 N–H and O–H groups in total. The molecule has 0 bridgehead atoms. The van der Waals surface area contributed by atoms with E-state index in [9.17, 15) is 10.2 Å². The first-order valence-corrected chi connectivity index (χ1v) is 4.58. The normalized spacial score (nSPS) is 10.6. The molecule has 0 aliphatic rings. The van der Waals surface area contributed by atoms with Crippen molar-refractivity contribution < 1.29 is 15.3 Å². The zero-order chi connectivity index (χ0) is 11.6. The Labute approximate surface area is 89.0 Å². The van der Waals surface area contributed by atoms with Crippen LogP contribution in [0.1, 0.15) is 26.3 Å². The molecule has 3 nitrogen and oxygen atoms in total. The van der Waals surface area contributed by atoms with Crippen molar-refractivity contribution in [3.05, 3.63) is 17.7 Å². The van der Waals surface area contributed by atoms with Gasteiger partial charge < -0.3 is 15.3 Å². The molecular weight excluding hydrogens is 192 g/mol. The Bertz CT molecular complexity index is 407. The van der Waals surface area contributed by atoms with Crippen LogP contribution in [0.15, 0.2) is 12.1 Å². The first kappa shape index (κ1) is 11.3. The van der Waals surface area contributed by atoms with E-state index in [0.29, 0.717) is 0 Å². The summed E-state index contributed by atoms with van der Waals surface area (Å²) in [6.45, 7) is 5.78. The highest BCUT2D eigenvalue weighted by Gasteiger charge is 2.09. The molecule has 0 heterocycles. The predicted octanol–water partition coefficient (Wildman–Crippen LogP) is 2.20. The number of hydrogen-bond donors (Lipinski definition) is 3. The van der Waals surface area contributed by atoms with Crippen molar-refractivity contribution >= 4 is 0 Å². The molecule has 0 spiro atoms. The number of hydrogen-bond acceptors (Lipinski definition) is 3. The summed E-state index contributed by atoms with van der Waals surface area (Å²) in [6.07, 6.45) is 0. The molecule has 0 amide bonds. The summed E-state index contributed by atoms with van der Waals surface area (Å²) in [5, 5.41) is 28.0. The monoisotopic (exact) mass is 206 g/mol. The molecule has 0 saturated carbocycles. The van der Waals surface area contributed by atoms with Crippen LogP contribution in [-0.2, 0) is 0 Å². The van der Waals surface area contributed by atoms with Crippen LogP contribution >= 0.6 is 0 Å². The minimum atomic E-state index is -0.218. The van der Waals surface area contributed by atoms with E-state index in [1.54, 1.807) is 0 Å². The smallest absolute Gasteiger partial charge is 0.138 e. The Morgan fingerprint density at radius 1 is 1.00 bits per heavy atom. The molecule has 15 heavy (non-hydrogen) atoms. The number of rotatable bonds is 0. The Hall–Kier alpha value is -1.82. The van der Waals surface area contributed by atoms with Gasteiger partial charge in [0.25, 0.3) is 0 Å². The number of benzene rings is 1. The van der Waals surface area contributed by atoms with E-state index in [2.05, 4.69) is 11.8 Å². The zero-order valence-corrected chi connectivity index (χ0v) is 9.00. The Morgan fingerprint density at radius 3 is 1.87 bits per heavy atom. The highest BCUT2D eigenvalue weighted by Crippen LogP contribution is 2.31. The van der Waals surface area contributed by atoms with Crippen molar-refractivity contribution in [2.45, 2.75) is 20.8 Å². The summed E-state index contributed by atoms with van der Waals surface area (Å²) in [4.78, 5) is 0. The van der Waals surface area contributed by atoms with Crippen LogP contribution in [0.5, 0.6) is 17.2 Å². The molecule has 1 rings (SSSR count). The van der Waals surface area contributed by atoms with Gasteiger partial charge >= 0.3 is 0 Å². The van der Waals surface area contributed by atoms with Crippen molar-refractivity contribution in [1.82, 2.24) is 0 Å². The van der Waals surface area contributed by atoms with Crippen LogP contribution in [0.4, 0.5) is 0 Å². The molecule has 3 heteroatoms. The van der Waals surface area contributed by atoms with E-state index < -0.39 is 0 Å². The van der Waals surface area contributed by atoms with Gasteiger partial charge in [0.1, 0.15) is 22.8 Å². The lowest BCUT2D eigenvalue weighted by atomic mass is 9.97. The Morgan fingerprint density at radius 2 is 1.47 bits per heavy atom. The van der Waals surface area contributed by atoms with Gasteiger partial charge in [0.05, 0.1) is 0 Å². The lowest BCUT2D eigenvalue weighted by Gasteiger charge is -2.07. The van der Waals surface area contributed by atoms with Gasteiger partial charge in [-0.3, -0.25) is 0 Å². The maximum Gasteiger partial charge on any atom is 0.138 e. The summed E-state index contributed by atoms with van der Waals surface area (Å²) < 4.78 is 0. The molecule has 1 aromatic rings. The molecule has 1 aromatic carbocycles. The first-order chi connectivity index (χ1) is 6.79. The van der Waals surface area contributed by atoms with E-state index in [1.165, 1.54) is 0 Å². The third kappa shape index (κ3) is 3.10. The predicted molar refractivity (Wildman–Crippen MR) is 57.8 cm³/mol. The van der Waals surface area contributed by atoms with E-state index >= 15 is 0 Å². The molecule has 0 unspecified atom stereocenters. The second-order valence-corrected chi connectivity index (χ2v) is 4.36. The van der Waals surface area contributed by atoms with Gasteiger partial charge in [-0.1, -0.05) is 11.8 Å². The average Bonchev–Trinajstić information content (AvgIpc) is 1.99. The van der Waals surface area contributed by atoms with Crippen LogP contribution in [0.3, 0.4) is 0 Å². The van der Waals surface area contributed by atoms with Crippen molar-refractivity contribution in [2.24, 2.45) is 5.41 Å². The molecule has 0 aromatic heterocycles. The van der Waals surface area contributed by atoms with Crippen LogP contribution in [0.25, 0.3) is 0 Å². The second kappa shape index (κ2) is 3.74. The van der Waals surface area contributed by atoms with Crippen LogP contribution in [-0.4, -0.2) is 15.3 Å². The van der Waals surface area contributed by atoms with Crippen molar-refractivity contribution in [1.29, 1.82) is 0 Å². The molecular formula is C12H14O3. The van der Waals surface area contributed by atoms with Gasteiger partial charge in [-0.2, -0.15) is 0 Å². The quantitative estimate of drug-likeness (QED) is 0.570. The molecule has 0 fully saturated rings. The van der Waals surface area contributed by atoms with Gasteiger partial charge in [-0.25, -0.2) is 0 Å². The lowest BCUT2D eigenvalue weighted by Crippen LogP contribution is -1.99. The topological polar surface area (TPSA) is 60.7 Å². The van der Waals surface area contributed by atoms with Crippen molar-refractivity contribution in [3.8, 4) is 29.1 Å². The summed E-state index contributed by atoms with van der Waals surface area (Å²) >= 11 is 0. The number of phenols is 3. The third-order valence-electron chi connectivity index (χ3n) is 1.64. The summed E-state index contributed by atoms with van der Waals surface area (Å²) in [7, 11) is 0. The summed E-state index contributed by atoms with van der Waals surface area (Å²) in [5.41, 5.74) is -0.0701. The van der Waals surface area contributed by atoms with Crippen molar-refractivity contribution in [2.75, 3.05) is 0 Å². The van der Waals surface area contributed by atoms with E-state index in [1.807, 2.05) is 20.8 Å². The molecule has 0 saturated heterocycles. The SMILES string of the molecule is CC(C)(C)C#Cc1c(O)cc(O)cc1O. The molecule has 0 aliphatic heterocycles. The average molecular weight is 206 g/mol.